The first-order valence-electron chi connectivity index (χ1n) is 8.91. The number of esters is 1. The van der Waals surface area contributed by atoms with E-state index < -0.39 is 5.97 Å². The van der Waals surface area contributed by atoms with E-state index in [4.69, 9.17) is 9.47 Å². The Morgan fingerprint density at radius 2 is 1.52 bits per heavy atom. The molecule has 29 heavy (non-hydrogen) atoms. The van der Waals surface area contributed by atoms with Crippen LogP contribution in [0.25, 0.3) is 6.08 Å². The molecule has 0 saturated heterocycles. The molecule has 0 N–H and O–H groups in total. The summed E-state index contributed by atoms with van der Waals surface area (Å²) in [5.74, 6) is 0.145. The Hall–Kier alpha value is -3.18. The predicted octanol–water partition coefficient (Wildman–Crippen LogP) is 5.88. The van der Waals surface area contributed by atoms with Crippen LogP contribution in [0.4, 0.5) is 0 Å². The van der Waals surface area contributed by atoms with Crippen LogP contribution in [-0.4, -0.2) is 18.9 Å². The van der Waals surface area contributed by atoms with Crippen LogP contribution >= 0.6 is 15.9 Å². The second kappa shape index (κ2) is 9.34. The highest BCUT2D eigenvalue weighted by molar-refractivity contribution is 9.10. The molecule has 0 radical (unpaired) electrons. The van der Waals surface area contributed by atoms with Gasteiger partial charge in [-0.2, -0.15) is 0 Å². The van der Waals surface area contributed by atoms with Gasteiger partial charge in [-0.3, -0.25) is 4.79 Å². The van der Waals surface area contributed by atoms with Crippen LogP contribution in [0.2, 0.25) is 0 Å². The minimum Gasteiger partial charge on any atom is -0.493 e. The third kappa shape index (κ3) is 5.42. The minimum atomic E-state index is -0.478. The summed E-state index contributed by atoms with van der Waals surface area (Å²) in [7, 11) is 1.50. The molecule has 0 aromatic heterocycles. The summed E-state index contributed by atoms with van der Waals surface area (Å²) in [6.45, 7) is 1.97. The molecule has 0 amide bonds. The quantitative estimate of drug-likeness (QED) is 0.203. The molecule has 0 aliphatic carbocycles. The summed E-state index contributed by atoms with van der Waals surface area (Å²) in [5, 5.41) is 0. The first-order valence-corrected chi connectivity index (χ1v) is 9.70. The predicted molar refractivity (Wildman–Crippen MR) is 117 cm³/mol. The Bertz CT molecular complexity index is 1050. The van der Waals surface area contributed by atoms with E-state index in [0.717, 1.165) is 15.6 Å². The van der Waals surface area contributed by atoms with Crippen LogP contribution in [0, 0.1) is 6.92 Å². The second-order valence-corrected chi connectivity index (χ2v) is 7.29. The highest BCUT2D eigenvalue weighted by atomic mass is 79.9. The fourth-order valence-electron chi connectivity index (χ4n) is 2.60. The molecule has 0 aliphatic heterocycles. The van der Waals surface area contributed by atoms with Crippen molar-refractivity contribution in [3.05, 3.63) is 99.5 Å². The molecule has 5 heteroatoms. The third-order valence-electron chi connectivity index (χ3n) is 4.23. The average molecular weight is 451 g/mol. The van der Waals surface area contributed by atoms with Gasteiger partial charge in [0.15, 0.2) is 17.3 Å². The molecule has 0 spiro atoms. The number of allylic oxidation sites excluding steroid dienone is 1. The number of ketones is 1. The van der Waals surface area contributed by atoms with Crippen molar-refractivity contribution in [2.45, 2.75) is 6.92 Å². The van der Waals surface area contributed by atoms with Gasteiger partial charge in [-0.1, -0.05) is 57.9 Å². The van der Waals surface area contributed by atoms with E-state index in [2.05, 4.69) is 15.9 Å². The van der Waals surface area contributed by atoms with E-state index in [1.54, 1.807) is 60.7 Å². The molecule has 0 unspecified atom stereocenters. The highest BCUT2D eigenvalue weighted by Gasteiger charge is 2.13. The molecular weight excluding hydrogens is 432 g/mol. The van der Waals surface area contributed by atoms with Gasteiger partial charge in [0, 0.05) is 10.0 Å². The van der Waals surface area contributed by atoms with Crippen molar-refractivity contribution >= 4 is 33.8 Å². The Morgan fingerprint density at radius 3 is 2.17 bits per heavy atom. The largest absolute Gasteiger partial charge is 0.493 e. The molecule has 0 atom stereocenters. The minimum absolute atomic E-state index is 0.0882. The van der Waals surface area contributed by atoms with Crippen LogP contribution in [0.3, 0.4) is 0 Å². The van der Waals surface area contributed by atoms with E-state index in [1.807, 2.05) is 19.1 Å². The Morgan fingerprint density at radius 1 is 0.862 bits per heavy atom. The number of rotatable bonds is 6. The van der Waals surface area contributed by atoms with E-state index in [1.165, 1.54) is 13.2 Å². The summed E-state index contributed by atoms with van der Waals surface area (Å²) in [6.07, 6.45) is 3.21. The zero-order chi connectivity index (χ0) is 20.8. The summed E-state index contributed by atoms with van der Waals surface area (Å²) in [5.41, 5.74) is 2.91. The molecule has 0 saturated carbocycles. The molecule has 0 aliphatic rings. The SMILES string of the molecule is COc1cc(C=CC(=O)c2ccc(C)cc2)ccc1OC(=O)c1ccc(Br)cc1. The summed E-state index contributed by atoms with van der Waals surface area (Å²) >= 11 is 3.33. The zero-order valence-electron chi connectivity index (χ0n) is 16.0. The van der Waals surface area contributed by atoms with Crippen molar-refractivity contribution in [3.8, 4) is 11.5 Å². The summed E-state index contributed by atoms with van der Waals surface area (Å²) in [6, 6.07) is 19.4. The van der Waals surface area contributed by atoms with Gasteiger partial charge in [-0.25, -0.2) is 4.79 Å². The molecular formula is C24H19BrO4. The lowest BCUT2D eigenvalue weighted by Gasteiger charge is -2.10. The lowest BCUT2D eigenvalue weighted by Crippen LogP contribution is -2.09. The number of aryl methyl sites for hydroxylation is 1. The molecule has 0 bridgehead atoms. The standard InChI is InChI=1S/C24H19BrO4/c1-16-3-7-18(8-4-16)21(26)13-5-17-6-14-22(23(15-17)28-2)29-24(27)19-9-11-20(25)12-10-19/h3-15H,1-2H3. The maximum atomic E-state index is 12.3. The van der Waals surface area contributed by atoms with E-state index in [-0.39, 0.29) is 5.78 Å². The molecule has 4 nitrogen and oxygen atoms in total. The molecule has 3 aromatic carbocycles. The normalized spacial score (nSPS) is 10.7. The number of carbonyl (C=O) groups is 2. The molecule has 146 valence electrons. The van der Waals surface area contributed by atoms with Crippen molar-refractivity contribution in [2.75, 3.05) is 7.11 Å². The van der Waals surface area contributed by atoms with Gasteiger partial charge in [0.1, 0.15) is 0 Å². The monoisotopic (exact) mass is 450 g/mol. The van der Waals surface area contributed by atoms with Crippen molar-refractivity contribution in [1.29, 1.82) is 0 Å². The zero-order valence-corrected chi connectivity index (χ0v) is 17.6. The lowest BCUT2D eigenvalue weighted by atomic mass is 10.1. The first-order chi connectivity index (χ1) is 14.0. The van der Waals surface area contributed by atoms with Crippen molar-refractivity contribution < 1.29 is 19.1 Å². The molecule has 3 rings (SSSR count). The number of methoxy groups -OCH3 is 1. The number of halogens is 1. The van der Waals surface area contributed by atoms with Gasteiger partial charge in [-0.15, -0.1) is 0 Å². The summed E-state index contributed by atoms with van der Waals surface area (Å²) < 4.78 is 11.7. The van der Waals surface area contributed by atoms with Gasteiger partial charge in [-0.05, 0) is 55.0 Å². The maximum Gasteiger partial charge on any atom is 0.343 e. The Labute approximate surface area is 177 Å². The maximum absolute atomic E-state index is 12.3. The summed E-state index contributed by atoms with van der Waals surface area (Å²) in [4.78, 5) is 24.6. The van der Waals surface area contributed by atoms with Gasteiger partial charge in [0.05, 0.1) is 12.7 Å². The smallest absolute Gasteiger partial charge is 0.343 e. The van der Waals surface area contributed by atoms with Crippen LogP contribution in [0.5, 0.6) is 11.5 Å². The number of ether oxygens (including phenoxy) is 2. The number of carbonyl (C=O) groups excluding carboxylic acids is 2. The topological polar surface area (TPSA) is 52.6 Å². The van der Waals surface area contributed by atoms with Crippen LogP contribution in [0.1, 0.15) is 31.8 Å². The fraction of sp³-hybridized carbons (Fsp3) is 0.0833. The number of benzene rings is 3. The number of hydrogen-bond donors (Lipinski definition) is 0. The van der Waals surface area contributed by atoms with E-state index in [0.29, 0.717) is 22.6 Å². The van der Waals surface area contributed by atoms with E-state index in [9.17, 15) is 9.59 Å². The molecule has 3 aromatic rings. The average Bonchev–Trinajstić information content (AvgIpc) is 2.73. The van der Waals surface area contributed by atoms with Gasteiger partial charge < -0.3 is 9.47 Å². The van der Waals surface area contributed by atoms with Crippen molar-refractivity contribution in [1.82, 2.24) is 0 Å². The Kier molecular flexibility index (Phi) is 6.62. The Balaban J connectivity index is 1.74. The van der Waals surface area contributed by atoms with E-state index >= 15 is 0 Å². The van der Waals surface area contributed by atoms with Gasteiger partial charge in [0.2, 0.25) is 0 Å². The highest BCUT2D eigenvalue weighted by Crippen LogP contribution is 2.29. The van der Waals surface area contributed by atoms with Gasteiger partial charge in [0.25, 0.3) is 0 Å². The molecule has 0 heterocycles. The van der Waals surface area contributed by atoms with Crippen LogP contribution in [0.15, 0.2) is 77.3 Å². The van der Waals surface area contributed by atoms with Gasteiger partial charge >= 0.3 is 5.97 Å². The lowest BCUT2D eigenvalue weighted by molar-refractivity contribution is 0.0729. The van der Waals surface area contributed by atoms with Crippen LogP contribution in [-0.2, 0) is 0 Å². The van der Waals surface area contributed by atoms with Crippen LogP contribution < -0.4 is 9.47 Å². The number of hydrogen-bond acceptors (Lipinski definition) is 4. The molecule has 0 fully saturated rings. The van der Waals surface area contributed by atoms with Crippen molar-refractivity contribution in [2.24, 2.45) is 0 Å². The van der Waals surface area contributed by atoms with Crippen molar-refractivity contribution in [3.63, 3.8) is 0 Å². The second-order valence-electron chi connectivity index (χ2n) is 6.37. The fourth-order valence-corrected chi connectivity index (χ4v) is 2.87. The first kappa shape index (κ1) is 20.6. The third-order valence-corrected chi connectivity index (χ3v) is 4.76.